The van der Waals surface area contributed by atoms with E-state index in [0.29, 0.717) is 11.8 Å². The molecule has 3 rings (SSSR count). The first-order valence-electron chi connectivity index (χ1n) is 5.86. The van der Waals surface area contributed by atoms with Crippen molar-refractivity contribution in [2.45, 2.75) is 19.4 Å². The summed E-state index contributed by atoms with van der Waals surface area (Å²) in [5, 5.41) is 5.35. The van der Waals surface area contributed by atoms with Crippen molar-refractivity contribution in [3.63, 3.8) is 0 Å². The normalized spacial score (nSPS) is 20.4. The van der Waals surface area contributed by atoms with Crippen LogP contribution in [0.15, 0.2) is 11.4 Å². The topological polar surface area (TPSA) is 32.3 Å². The lowest BCUT2D eigenvalue weighted by atomic mass is 9.98. The van der Waals surface area contributed by atoms with Crippen LogP contribution in [0.1, 0.15) is 16.9 Å². The molecule has 0 radical (unpaired) electrons. The number of amides is 1. The molecule has 1 saturated heterocycles. The first kappa shape index (κ1) is 10.3. The number of hydrogen-bond donors (Lipinski definition) is 1. The Bertz CT molecular complexity index is 397. The van der Waals surface area contributed by atoms with Crippen LogP contribution in [-0.2, 0) is 17.8 Å². The third-order valence-electron chi connectivity index (χ3n) is 3.49. The lowest BCUT2D eigenvalue weighted by molar-refractivity contribution is -0.133. The molecule has 1 fully saturated rings. The zero-order valence-electron chi connectivity index (χ0n) is 9.24. The van der Waals surface area contributed by atoms with E-state index in [0.717, 1.165) is 39.0 Å². The molecule has 0 spiro atoms. The van der Waals surface area contributed by atoms with Crippen molar-refractivity contribution in [1.82, 2.24) is 10.2 Å². The lowest BCUT2D eigenvalue weighted by Crippen LogP contribution is -2.45. The number of nitrogens with one attached hydrogen (secondary N) is 1. The summed E-state index contributed by atoms with van der Waals surface area (Å²) in [6, 6.07) is 2.16. The predicted molar refractivity (Wildman–Crippen MR) is 64.4 cm³/mol. The summed E-state index contributed by atoms with van der Waals surface area (Å²) in [6.07, 6.45) is 1.77. The van der Waals surface area contributed by atoms with E-state index in [-0.39, 0.29) is 0 Å². The summed E-state index contributed by atoms with van der Waals surface area (Å²) < 4.78 is 0. The van der Waals surface area contributed by atoms with Crippen molar-refractivity contribution in [2.24, 2.45) is 5.92 Å². The fraction of sp³-hybridized carbons (Fsp3) is 0.583. The molecule has 0 aliphatic carbocycles. The van der Waals surface area contributed by atoms with Crippen molar-refractivity contribution in [3.8, 4) is 0 Å². The molecule has 1 aromatic rings. The predicted octanol–water partition coefficient (Wildman–Crippen LogP) is 1.24. The van der Waals surface area contributed by atoms with Gasteiger partial charge in [0.25, 0.3) is 0 Å². The molecule has 3 heterocycles. The van der Waals surface area contributed by atoms with Gasteiger partial charge in [0.05, 0.1) is 0 Å². The summed E-state index contributed by atoms with van der Waals surface area (Å²) in [4.78, 5) is 15.5. The molecule has 2 aliphatic rings. The van der Waals surface area contributed by atoms with E-state index in [1.807, 2.05) is 16.2 Å². The zero-order chi connectivity index (χ0) is 11.0. The Hall–Kier alpha value is -0.870. The summed E-state index contributed by atoms with van der Waals surface area (Å²) in [7, 11) is 0. The van der Waals surface area contributed by atoms with Crippen LogP contribution in [-0.4, -0.2) is 30.4 Å². The summed E-state index contributed by atoms with van der Waals surface area (Å²) in [5.74, 6) is 0.916. The van der Waals surface area contributed by atoms with Crippen molar-refractivity contribution in [2.75, 3.05) is 19.6 Å². The van der Waals surface area contributed by atoms with E-state index in [1.54, 1.807) is 0 Å². The molecule has 1 aromatic heterocycles. The van der Waals surface area contributed by atoms with Crippen LogP contribution in [0.4, 0.5) is 0 Å². The average molecular weight is 236 g/mol. The molecule has 1 N–H and O–H groups in total. The van der Waals surface area contributed by atoms with Crippen LogP contribution in [0.25, 0.3) is 0 Å². The fourth-order valence-corrected chi connectivity index (χ4v) is 3.22. The van der Waals surface area contributed by atoms with Gasteiger partial charge in [-0.05, 0) is 42.4 Å². The number of carbonyl (C=O) groups is 1. The molecular formula is C12H16N2OS. The largest absolute Gasteiger partial charge is 0.338 e. The van der Waals surface area contributed by atoms with E-state index in [9.17, 15) is 4.79 Å². The molecule has 86 valence electrons. The number of rotatable bonds is 2. The third-order valence-corrected chi connectivity index (χ3v) is 4.51. The quantitative estimate of drug-likeness (QED) is 0.838. The first-order valence-corrected chi connectivity index (χ1v) is 6.74. The van der Waals surface area contributed by atoms with E-state index < -0.39 is 0 Å². The Labute approximate surface area is 99.5 Å². The van der Waals surface area contributed by atoms with Crippen molar-refractivity contribution in [1.29, 1.82) is 0 Å². The minimum Gasteiger partial charge on any atom is -0.338 e. The number of hydrogen-bond acceptors (Lipinski definition) is 3. The van der Waals surface area contributed by atoms with E-state index >= 15 is 0 Å². The molecular weight excluding hydrogens is 220 g/mol. The summed E-state index contributed by atoms with van der Waals surface area (Å²) in [6.45, 7) is 3.77. The van der Waals surface area contributed by atoms with Gasteiger partial charge in [0.15, 0.2) is 0 Å². The van der Waals surface area contributed by atoms with Gasteiger partial charge in [0, 0.05) is 24.4 Å². The zero-order valence-corrected chi connectivity index (χ0v) is 10.1. The van der Waals surface area contributed by atoms with Crippen LogP contribution in [0.2, 0.25) is 0 Å². The SMILES string of the molecule is O=C(CC1CNC1)N1CCc2sccc2C1. The monoisotopic (exact) mass is 236 g/mol. The molecule has 0 atom stereocenters. The Morgan fingerprint density at radius 3 is 3.19 bits per heavy atom. The van der Waals surface area contributed by atoms with Gasteiger partial charge in [-0.2, -0.15) is 0 Å². The molecule has 0 bridgehead atoms. The van der Waals surface area contributed by atoms with Crippen LogP contribution >= 0.6 is 11.3 Å². The minimum atomic E-state index is 0.336. The second-order valence-corrected chi connectivity index (χ2v) is 5.66. The Morgan fingerprint density at radius 2 is 2.44 bits per heavy atom. The highest BCUT2D eigenvalue weighted by Crippen LogP contribution is 2.25. The van der Waals surface area contributed by atoms with Gasteiger partial charge in [-0.25, -0.2) is 0 Å². The maximum atomic E-state index is 12.0. The van der Waals surface area contributed by atoms with Gasteiger partial charge < -0.3 is 10.2 Å². The molecule has 3 nitrogen and oxygen atoms in total. The van der Waals surface area contributed by atoms with E-state index in [4.69, 9.17) is 0 Å². The number of fused-ring (bicyclic) bond motifs is 1. The fourth-order valence-electron chi connectivity index (χ4n) is 2.33. The highest BCUT2D eigenvalue weighted by molar-refractivity contribution is 7.10. The maximum absolute atomic E-state index is 12.0. The maximum Gasteiger partial charge on any atom is 0.223 e. The van der Waals surface area contributed by atoms with Crippen LogP contribution < -0.4 is 5.32 Å². The number of carbonyl (C=O) groups excluding carboxylic acids is 1. The molecule has 0 unspecified atom stereocenters. The summed E-state index contributed by atoms with van der Waals surface area (Å²) in [5.41, 5.74) is 1.36. The standard InChI is InChI=1S/C12H16N2OS/c15-12(5-9-6-13-7-9)14-3-1-11-10(8-14)2-4-16-11/h2,4,9,13H,1,3,5-8H2. The molecule has 2 aliphatic heterocycles. The third kappa shape index (κ3) is 1.87. The second kappa shape index (κ2) is 4.18. The number of nitrogens with zero attached hydrogens (tertiary/aromatic N) is 1. The van der Waals surface area contributed by atoms with Gasteiger partial charge in [0.2, 0.25) is 5.91 Å². The first-order chi connectivity index (χ1) is 7.83. The smallest absolute Gasteiger partial charge is 0.223 e. The highest BCUT2D eigenvalue weighted by atomic mass is 32.1. The van der Waals surface area contributed by atoms with Gasteiger partial charge in [0.1, 0.15) is 0 Å². The second-order valence-electron chi connectivity index (χ2n) is 4.66. The minimum absolute atomic E-state index is 0.336. The van der Waals surface area contributed by atoms with Gasteiger partial charge >= 0.3 is 0 Å². The highest BCUT2D eigenvalue weighted by Gasteiger charge is 2.26. The Kier molecular flexibility index (Phi) is 2.69. The van der Waals surface area contributed by atoms with Crippen LogP contribution in [0.5, 0.6) is 0 Å². The Balaban J connectivity index is 1.62. The summed E-state index contributed by atoms with van der Waals surface area (Å²) >= 11 is 1.82. The lowest BCUT2D eigenvalue weighted by Gasteiger charge is -2.31. The van der Waals surface area contributed by atoms with Crippen molar-refractivity contribution >= 4 is 17.2 Å². The molecule has 0 saturated carbocycles. The van der Waals surface area contributed by atoms with Crippen LogP contribution in [0.3, 0.4) is 0 Å². The van der Waals surface area contributed by atoms with Gasteiger partial charge in [-0.15, -0.1) is 11.3 Å². The molecule has 4 heteroatoms. The van der Waals surface area contributed by atoms with Gasteiger partial charge in [-0.1, -0.05) is 0 Å². The number of thiophene rings is 1. The van der Waals surface area contributed by atoms with E-state index in [2.05, 4.69) is 16.8 Å². The van der Waals surface area contributed by atoms with Gasteiger partial charge in [-0.3, -0.25) is 4.79 Å². The van der Waals surface area contributed by atoms with Crippen LogP contribution in [0, 0.1) is 5.92 Å². The molecule has 1 amide bonds. The van der Waals surface area contributed by atoms with E-state index in [1.165, 1.54) is 10.4 Å². The average Bonchev–Trinajstić information content (AvgIpc) is 2.69. The van der Waals surface area contributed by atoms with Crippen molar-refractivity contribution in [3.05, 3.63) is 21.9 Å². The molecule has 0 aromatic carbocycles. The Morgan fingerprint density at radius 1 is 1.56 bits per heavy atom. The van der Waals surface area contributed by atoms with Crippen molar-refractivity contribution < 1.29 is 4.79 Å². The molecule has 16 heavy (non-hydrogen) atoms.